The van der Waals surface area contributed by atoms with E-state index in [1.54, 1.807) is 0 Å². The van der Waals surface area contributed by atoms with Gasteiger partial charge < -0.3 is 34.0 Å². The maximum absolute atomic E-state index is 12.9. The molecule has 1 amide bonds. The maximum Gasteiger partial charge on any atom is 0.268 e. The average molecular weight is 979 g/mol. The Labute approximate surface area is 422 Å². The van der Waals surface area contributed by atoms with Crippen LogP contribution in [0.3, 0.4) is 0 Å². The Bertz CT molecular complexity index is 1600. The molecule has 3 N–H and O–H groups in total. The summed E-state index contributed by atoms with van der Waals surface area (Å²) in [6.07, 6.45) is 69.4. The minimum Gasteiger partial charge on any atom is -0.756 e. The van der Waals surface area contributed by atoms with Crippen LogP contribution in [0.5, 0.6) is 0 Å². The van der Waals surface area contributed by atoms with Crippen LogP contribution in [-0.4, -0.2) is 79.8 Å². The van der Waals surface area contributed by atoms with Gasteiger partial charge in [0.1, 0.15) is 19.3 Å². The molecule has 0 aromatic carbocycles. The van der Waals surface area contributed by atoms with Crippen LogP contribution in [0.25, 0.3) is 0 Å². The van der Waals surface area contributed by atoms with E-state index in [-0.39, 0.29) is 18.9 Å². The second-order valence-electron chi connectivity index (χ2n) is 18.6. The summed E-state index contributed by atoms with van der Waals surface area (Å²) in [5, 5.41) is 24.6. The topological polar surface area (TPSA) is 128 Å². The summed E-state index contributed by atoms with van der Waals surface area (Å²) in [6.45, 7) is 4.21. The van der Waals surface area contributed by atoms with Crippen molar-refractivity contribution in [1.29, 1.82) is 0 Å². The Morgan fingerprint density at radius 3 is 1.39 bits per heavy atom. The Hall–Kier alpha value is -3.40. The fourth-order valence-corrected chi connectivity index (χ4v) is 7.45. The molecule has 0 saturated heterocycles. The summed E-state index contributed by atoms with van der Waals surface area (Å²) in [4.78, 5) is 25.5. The van der Waals surface area contributed by atoms with Gasteiger partial charge in [0.2, 0.25) is 5.91 Å². The molecule has 0 aromatic rings. The third kappa shape index (κ3) is 49.4. The highest BCUT2D eigenvalue weighted by molar-refractivity contribution is 7.45. The summed E-state index contributed by atoms with van der Waals surface area (Å²) in [7, 11) is 1.06. The number of hydrogen-bond donors (Lipinski definition) is 3. The van der Waals surface area contributed by atoms with Gasteiger partial charge in [-0.15, -0.1) is 0 Å². The van der Waals surface area contributed by atoms with Crippen molar-refractivity contribution in [3.8, 4) is 0 Å². The number of likely N-dealkylation sites (N-methyl/N-ethyl adjacent to an activating group) is 1. The number of nitrogens with one attached hydrogen (secondary N) is 1. The van der Waals surface area contributed by atoms with Gasteiger partial charge >= 0.3 is 0 Å². The highest BCUT2D eigenvalue weighted by Crippen LogP contribution is 2.38. The second-order valence-corrected chi connectivity index (χ2v) is 20.0. The largest absolute Gasteiger partial charge is 0.756 e. The molecule has 0 fully saturated rings. The highest BCUT2D eigenvalue weighted by atomic mass is 31.2. The van der Waals surface area contributed by atoms with E-state index >= 15 is 0 Å². The molecular weight excluding hydrogens is 880 g/mol. The van der Waals surface area contributed by atoms with Crippen molar-refractivity contribution >= 4 is 13.7 Å². The van der Waals surface area contributed by atoms with Crippen molar-refractivity contribution in [2.75, 3.05) is 40.9 Å². The first kappa shape index (κ1) is 65.6. The Morgan fingerprint density at radius 2 is 0.928 bits per heavy atom. The lowest BCUT2D eigenvalue weighted by Crippen LogP contribution is -2.51. The van der Waals surface area contributed by atoms with Gasteiger partial charge in [-0.05, 0) is 122 Å². The van der Waals surface area contributed by atoms with E-state index in [2.05, 4.69) is 153 Å². The van der Waals surface area contributed by atoms with E-state index in [0.29, 0.717) is 30.3 Å². The highest BCUT2D eigenvalue weighted by Gasteiger charge is 2.29. The van der Waals surface area contributed by atoms with Gasteiger partial charge in [-0.25, -0.2) is 0 Å². The van der Waals surface area contributed by atoms with Crippen molar-refractivity contribution in [3.05, 3.63) is 134 Å². The molecule has 0 aromatic heterocycles. The molecule has 392 valence electrons. The summed E-state index contributed by atoms with van der Waals surface area (Å²) in [5.74, 6) is -0.319. The lowest BCUT2D eigenvalue weighted by molar-refractivity contribution is -0.870. The number of phosphoric ester groups is 1. The van der Waals surface area contributed by atoms with Crippen LogP contribution in [0.4, 0.5) is 0 Å². The van der Waals surface area contributed by atoms with E-state index in [9.17, 15) is 24.5 Å². The molecule has 0 radical (unpaired) electrons. The summed E-state index contributed by atoms with van der Waals surface area (Å²) in [6, 6.07) is -1.12. The molecule has 9 nitrogen and oxygen atoms in total. The fourth-order valence-electron chi connectivity index (χ4n) is 6.73. The van der Waals surface area contributed by atoms with E-state index in [4.69, 9.17) is 9.05 Å². The normalized spacial score (nSPS) is 15.5. The molecule has 4 unspecified atom stereocenters. The number of aliphatic hydroxyl groups is 2. The molecule has 0 bridgehead atoms. The molecule has 0 rings (SSSR count). The third-order valence-corrected chi connectivity index (χ3v) is 11.9. The van der Waals surface area contributed by atoms with Crippen molar-refractivity contribution in [1.82, 2.24) is 5.32 Å². The van der Waals surface area contributed by atoms with Crippen molar-refractivity contribution in [3.63, 3.8) is 0 Å². The zero-order chi connectivity index (χ0) is 50.8. The number of carbonyl (C=O) groups is 1. The number of hydrogen-bond acceptors (Lipinski definition) is 7. The number of aliphatic hydroxyl groups excluding tert-OH is 2. The molecule has 0 saturated carbocycles. The maximum atomic E-state index is 12.9. The Morgan fingerprint density at radius 1 is 0.536 bits per heavy atom. The number of quaternary nitrogens is 1. The lowest BCUT2D eigenvalue weighted by atomic mass is 10.0. The number of allylic oxidation sites excluding steroid dienone is 22. The van der Waals surface area contributed by atoms with Crippen LogP contribution in [-0.2, 0) is 18.4 Å². The van der Waals surface area contributed by atoms with Gasteiger partial charge in [0.05, 0.1) is 39.9 Å². The second kappa shape index (κ2) is 48.2. The summed E-state index contributed by atoms with van der Waals surface area (Å²) >= 11 is 0. The SMILES string of the molecule is CC/C=C\C/C=C\C/C=C\C/C=C\C/C=C\C/C=C\C/C=C\C/C=C\C/C=C\CCCCCCCC(=O)NC(COP(=O)([O-])OCC[N+](C)(C)C)C(O)C(O)CCC/C=C/CC/C=C/CCCCC. The van der Waals surface area contributed by atoms with Gasteiger partial charge in [-0.1, -0.05) is 180 Å². The first-order chi connectivity index (χ1) is 33.4. The van der Waals surface area contributed by atoms with Crippen LogP contribution < -0.4 is 10.2 Å². The fraction of sp³-hybridized carbons (Fsp3) is 0.610. The van der Waals surface area contributed by atoms with Gasteiger partial charge in [0, 0.05) is 6.42 Å². The molecule has 0 aliphatic heterocycles. The van der Waals surface area contributed by atoms with Crippen LogP contribution in [0.15, 0.2) is 134 Å². The quantitative estimate of drug-likeness (QED) is 0.0240. The lowest BCUT2D eigenvalue weighted by Gasteiger charge is -2.31. The first-order valence-corrected chi connectivity index (χ1v) is 28.1. The predicted octanol–water partition coefficient (Wildman–Crippen LogP) is 14.3. The van der Waals surface area contributed by atoms with Crippen molar-refractivity contribution in [2.45, 2.75) is 193 Å². The van der Waals surface area contributed by atoms with Crippen molar-refractivity contribution in [2.24, 2.45) is 0 Å². The smallest absolute Gasteiger partial charge is 0.268 e. The number of unbranched alkanes of at least 4 members (excludes halogenated alkanes) is 10. The number of amides is 1. The number of carbonyl (C=O) groups excluding carboxylic acids is 1. The van der Waals surface area contributed by atoms with E-state index in [1.165, 1.54) is 19.3 Å². The molecule has 0 aliphatic rings. The average Bonchev–Trinajstić information content (AvgIpc) is 3.31. The number of nitrogens with zero attached hydrogens (tertiary/aromatic N) is 1. The van der Waals surface area contributed by atoms with Crippen LogP contribution in [0.2, 0.25) is 0 Å². The Balaban J connectivity index is 4.36. The van der Waals surface area contributed by atoms with Crippen molar-refractivity contribution < 1.29 is 38.0 Å². The standard InChI is InChI=1S/C59H99N2O7P/c1-6-8-10-12-14-16-18-20-21-22-23-24-25-26-27-28-29-30-31-32-33-34-35-36-37-38-39-40-42-44-46-48-50-52-58(63)60-56(55-68-69(65,66)67-54-53-61(3,4)5)59(64)57(62)51-49-47-45-43-41-19-17-15-13-11-9-7-2/h8,10,14-17,20-21,23-24,26-27,29-30,32-33,35-36,38-39,43,45,56-57,59,62,64H,6-7,9,11-13,18-19,22,25,28,31,34,37,40-42,44,46-55H2,1-5H3,(H-,60,63,65,66)/b10-8-,16-14-,17-15+,21-20-,24-23-,27-26-,30-29-,33-32-,36-35-,39-38-,45-43+. The monoisotopic (exact) mass is 979 g/mol. The number of phosphoric acid groups is 1. The van der Waals surface area contributed by atoms with Gasteiger partial charge in [0.15, 0.2) is 0 Å². The van der Waals surface area contributed by atoms with Gasteiger partial charge in [-0.3, -0.25) is 9.36 Å². The van der Waals surface area contributed by atoms with E-state index in [1.807, 2.05) is 21.1 Å². The number of rotatable bonds is 46. The molecule has 0 aliphatic carbocycles. The van der Waals surface area contributed by atoms with Crippen LogP contribution in [0.1, 0.15) is 174 Å². The molecule has 69 heavy (non-hydrogen) atoms. The Kier molecular flexibility index (Phi) is 45.9. The van der Waals surface area contributed by atoms with Crippen LogP contribution in [0, 0.1) is 0 Å². The zero-order valence-corrected chi connectivity index (χ0v) is 45.0. The van der Waals surface area contributed by atoms with Gasteiger partial charge in [-0.2, -0.15) is 0 Å². The van der Waals surface area contributed by atoms with Crippen LogP contribution >= 0.6 is 7.82 Å². The minimum atomic E-state index is -4.70. The van der Waals surface area contributed by atoms with E-state index in [0.717, 1.165) is 116 Å². The summed E-state index contributed by atoms with van der Waals surface area (Å²) in [5.41, 5.74) is 0. The minimum absolute atomic E-state index is 0.0609. The molecule has 10 heteroatoms. The summed E-state index contributed by atoms with van der Waals surface area (Å²) < 4.78 is 23.2. The third-order valence-electron chi connectivity index (χ3n) is 10.9. The molecule has 4 atom stereocenters. The zero-order valence-electron chi connectivity index (χ0n) is 44.1. The van der Waals surface area contributed by atoms with E-state index < -0.39 is 32.7 Å². The van der Waals surface area contributed by atoms with Gasteiger partial charge in [0.25, 0.3) is 7.82 Å². The molecule has 0 spiro atoms. The predicted molar refractivity (Wildman–Crippen MR) is 294 cm³/mol. The molecular formula is C59H99N2O7P. The molecule has 0 heterocycles. The first-order valence-electron chi connectivity index (χ1n) is 26.6.